The molecule has 148 valence electrons. The van der Waals surface area contributed by atoms with E-state index in [0.717, 1.165) is 0 Å². The number of nitrogens with zero attached hydrogens (tertiary/aromatic N) is 1. The lowest BCUT2D eigenvalue weighted by atomic mass is 9.92. The van der Waals surface area contributed by atoms with Crippen LogP contribution < -0.4 is 0 Å². The molecule has 0 saturated heterocycles. The predicted molar refractivity (Wildman–Crippen MR) is 106 cm³/mol. The Kier molecular flexibility index (Phi) is 23.4. The fraction of sp³-hybridized carbons (Fsp3) is 0.765. The van der Waals surface area contributed by atoms with Crippen LogP contribution in [0.4, 0.5) is 0 Å². The highest BCUT2D eigenvalue weighted by Gasteiger charge is 2.14. The van der Waals surface area contributed by atoms with Crippen LogP contribution in [-0.2, 0) is 28.6 Å². The van der Waals surface area contributed by atoms with Gasteiger partial charge in [0.05, 0.1) is 7.11 Å². The number of amides is 1. The monoisotopic (exact) mass is 369 g/mol. The number of hydrogen-bond acceptors (Lipinski definition) is 5. The molecule has 0 aliphatic carbocycles. The highest BCUT2D eigenvalue weighted by Crippen LogP contribution is 2.12. The maximum absolute atomic E-state index is 10.5. The second-order valence-electron chi connectivity index (χ2n) is 6.35. The molecule has 0 radical (unpaired) electrons. The normalized spacial score (nSPS) is 9.12. The molecule has 0 unspecified atom stereocenters. The Morgan fingerprint density at radius 3 is 1.12 bits per heavy atom. The third-order valence-corrected chi connectivity index (χ3v) is 1.97. The largest absolute Gasteiger partial charge is 0.469 e. The van der Waals surface area contributed by atoms with Crippen LogP contribution in [-0.4, -0.2) is 66.4 Å². The van der Waals surface area contributed by atoms with Crippen LogP contribution in [0.25, 0.3) is 0 Å². The maximum Gasteiger partial charge on any atom is 0.302 e. The van der Waals surface area contributed by atoms with Crippen LogP contribution in [0, 0.1) is 5.41 Å². The van der Waals surface area contributed by atoms with Crippen LogP contribution in [0.15, 0.2) is 0 Å². The van der Waals surface area contributed by atoms with Crippen LogP contribution in [0.1, 0.15) is 49.0 Å². The van der Waals surface area contributed by atoms with E-state index in [2.05, 4.69) is 10.6 Å². The molecule has 0 spiro atoms. The van der Waals surface area contributed by atoms with E-state index >= 15 is 0 Å². The molecule has 6 nitrogen and oxygen atoms in total. The van der Waals surface area contributed by atoms with Crippen molar-refractivity contribution in [2.75, 3.05) is 33.7 Å². The predicted octanol–water partition coefficient (Wildman–Crippen LogP) is 2.49. The number of methoxy groups -OCH3 is 1. The molecule has 0 bridgehead atoms. The quantitative estimate of drug-likeness (QED) is 0.484. The van der Waals surface area contributed by atoms with Crippen molar-refractivity contribution < 1.29 is 23.3 Å². The van der Waals surface area contributed by atoms with Gasteiger partial charge in [-0.2, -0.15) is 0 Å². The number of ketones is 1. The third kappa shape index (κ3) is 70.4. The molecule has 0 N–H and O–H groups in total. The van der Waals surface area contributed by atoms with E-state index in [1.165, 1.54) is 25.9 Å². The van der Waals surface area contributed by atoms with Crippen LogP contribution in [0.3, 0.4) is 0 Å². The average molecular weight is 370 g/mol. The van der Waals surface area contributed by atoms with Gasteiger partial charge in [-0.3, -0.25) is 18.6 Å². The summed E-state index contributed by atoms with van der Waals surface area (Å²) in [6, 6.07) is 0. The Morgan fingerprint density at radius 1 is 1.00 bits per heavy atom. The van der Waals surface area contributed by atoms with Crippen molar-refractivity contribution in [1.82, 2.24) is 4.90 Å². The lowest BCUT2D eigenvalue weighted by Crippen LogP contribution is -2.17. The molecule has 0 atom stereocenters. The Labute approximate surface area is 150 Å². The number of ether oxygens (including phenoxy) is 1. The summed E-state index contributed by atoms with van der Waals surface area (Å²) < 4.78 is 14.2. The van der Waals surface area contributed by atoms with Gasteiger partial charge in [0.1, 0.15) is 5.78 Å². The smallest absolute Gasteiger partial charge is 0.302 e. The van der Waals surface area contributed by atoms with Gasteiger partial charge in [-0.15, -0.1) is 0 Å². The summed E-state index contributed by atoms with van der Waals surface area (Å²) in [5.41, 5.74) is -0.139. The Balaban J connectivity index is -0.0000000666. The summed E-state index contributed by atoms with van der Waals surface area (Å²) >= 11 is 0. The first-order chi connectivity index (χ1) is 9.86. The minimum absolute atomic E-state index is 0. The van der Waals surface area contributed by atoms with Crippen molar-refractivity contribution in [3.63, 3.8) is 0 Å². The van der Waals surface area contributed by atoms with E-state index in [9.17, 15) is 18.6 Å². The molecule has 0 aliphatic heterocycles. The van der Waals surface area contributed by atoms with Crippen molar-refractivity contribution in [3.8, 4) is 0 Å². The SMILES string of the molecule is C.C=S(C)(C)=O.CC(=O)C(C)(C)C.CC(=O)N(C)C.COC(C)=O. The van der Waals surface area contributed by atoms with Crippen molar-refractivity contribution >= 4 is 33.1 Å². The Hall–Kier alpha value is -1.37. The van der Waals surface area contributed by atoms with E-state index in [0.29, 0.717) is 0 Å². The van der Waals surface area contributed by atoms with Gasteiger partial charge in [-0.05, 0) is 22.3 Å². The summed E-state index contributed by atoms with van der Waals surface area (Å²) in [6.45, 7) is 10.2. The van der Waals surface area contributed by atoms with Gasteiger partial charge >= 0.3 is 5.97 Å². The summed E-state index contributed by atoms with van der Waals surface area (Å²) in [5.74, 6) is 3.39. The Bertz CT molecular complexity index is 438. The summed E-state index contributed by atoms with van der Waals surface area (Å²) in [4.78, 5) is 31.7. The lowest BCUT2D eigenvalue weighted by molar-refractivity contribution is -0.138. The van der Waals surface area contributed by atoms with E-state index in [4.69, 9.17) is 0 Å². The minimum Gasteiger partial charge on any atom is -0.469 e. The fourth-order valence-corrected chi connectivity index (χ4v) is 0. The molecule has 0 fully saturated rings. The minimum atomic E-state index is -1.67. The zero-order valence-electron chi connectivity index (χ0n) is 16.6. The van der Waals surface area contributed by atoms with Gasteiger partial charge < -0.3 is 9.64 Å². The molecule has 0 aromatic carbocycles. The highest BCUT2D eigenvalue weighted by atomic mass is 32.2. The van der Waals surface area contributed by atoms with Crippen LogP contribution >= 0.6 is 0 Å². The summed E-state index contributed by atoms with van der Waals surface area (Å²) in [7, 11) is 3.13. The first kappa shape index (κ1) is 34.1. The fourth-order valence-electron chi connectivity index (χ4n) is 0. The molecule has 0 heterocycles. The number of carbonyl (C=O) groups is 3. The van der Waals surface area contributed by atoms with Crippen LogP contribution in [0.5, 0.6) is 0 Å². The number of Topliss-reactive ketones (excluding diaryl/α,β-unsaturated/α-hetero) is 1. The third-order valence-electron chi connectivity index (χ3n) is 1.97. The second kappa shape index (κ2) is 16.5. The van der Waals surface area contributed by atoms with E-state index in [1.807, 2.05) is 20.8 Å². The first-order valence-electron chi connectivity index (χ1n) is 6.86. The van der Waals surface area contributed by atoms with Crippen LogP contribution in [0.2, 0.25) is 0 Å². The molecular formula is C17H39NO5S. The molecule has 0 aromatic rings. The molecule has 1 amide bonds. The maximum atomic E-state index is 10.5. The van der Waals surface area contributed by atoms with Gasteiger partial charge in [0.15, 0.2) is 0 Å². The second-order valence-corrected chi connectivity index (χ2v) is 9.23. The number of esters is 1. The number of carbonyl (C=O) groups excluding carboxylic acids is 3. The topological polar surface area (TPSA) is 80.8 Å². The van der Waals surface area contributed by atoms with Crippen molar-refractivity contribution in [2.45, 2.75) is 49.0 Å². The van der Waals surface area contributed by atoms with Gasteiger partial charge in [0, 0.05) is 45.9 Å². The molecule has 0 rings (SSSR count). The first-order valence-corrected chi connectivity index (χ1v) is 9.41. The van der Waals surface area contributed by atoms with E-state index < -0.39 is 9.52 Å². The van der Waals surface area contributed by atoms with Gasteiger partial charge in [-0.1, -0.05) is 28.2 Å². The van der Waals surface area contributed by atoms with Gasteiger partial charge in [0.2, 0.25) is 5.91 Å². The highest BCUT2D eigenvalue weighted by molar-refractivity contribution is 7.98. The standard InChI is InChI=1S/C6H12O.C4H9NO.C3H6O2.C3H8OS.CH4/c1-5(7)6(2,3)4;1-4(6)5(2)3;1-3(4)5-2;1-5(2,3)4;/h1-4H3;1-3H3;1-2H3;1H2,2-3H3;1H4. The molecule has 0 saturated carbocycles. The molecule has 24 heavy (non-hydrogen) atoms. The molecule has 0 aromatic heterocycles. The van der Waals surface area contributed by atoms with Crippen molar-refractivity contribution in [1.29, 1.82) is 0 Å². The molecule has 7 heteroatoms. The zero-order valence-corrected chi connectivity index (χ0v) is 17.4. The molecular weight excluding hydrogens is 330 g/mol. The number of rotatable bonds is 0. The zero-order chi connectivity index (χ0) is 20.0. The van der Waals surface area contributed by atoms with Crippen molar-refractivity contribution in [2.24, 2.45) is 5.41 Å². The van der Waals surface area contributed by atoms with Gasteiger partial charge in [-0.25, -0.2) is 0 Å². The van der Waals surface area contributed by atoms with E-state index in [-0.39, 0.29) is 30.5 Å². The lowest BCUT2D eigenvalue weighted by Gasteiger charge is -2.11. The van der Waals surface area contributed by atoms with Crippen molar-refractivity contribution in [3.05, 3.63) is 0 Å². The number of hydrogen-bond donors (Lipinski definition) is 0. The van der Waals surface area contributed by atoms with E-state index in [1.54, 1.807) is 33.5 Å². The average Bonchev–Trinajstić information content (AvgIpc) is 2.26. The summed E-state index contributed by atoms with van der Waals surface area (Å²) in [5, 5.41) is 0. The summed E-state index contributed by atoms with van der Waals surface area (Å²) in [6.07, 6.45) is 3.21. The van der Waals surface area contributed by atoms with Gasteiger partial charge in [0.25, 0.3) is 0 Å². The molecule has 0 aliphatic rings. The Morgan fingerprint density at radius 2 is 1.12 bits per heavy atom.